The van der Waals surface area contributed by atoms with Crippen LogP contribution in [0.25, 0.3) is 0 Å². The minimum atomic E-state index is -0.455. The molecule has 0 rings (SSSR count). The van der Waals surface area contributed by atoms with Crippen molar-refractivity contribution < 1.29 is 9.53 Å². The Bertz CT molecular complexity index is 212. The number of unbranched alkanes of at least 4 members (excludes halogenated alkanes) is 1. The van der Waals surface area contributed by atoms with Gasteiger partial charge in [0.15, 0.2) is 0 Å². The predicted octanol–water partition coefficient (Wildman–Crippen LogP) is 1.68. The summed E-state index contributed by atoms with van der Waals surface area (Å²) in [7, 11) is 0. The van der Waals surface area contributed by atoms with Crippen molar-refractivity contribution in [3.05, 3.63) is 0 Å². The van der Waals surface area contributed by atoms with Crippen molar-refractivity contribution >= 4 is 5.91 Å². The Morgan fingerprint density at radius 3 is 2.41 bits per heavy atom. The number of rotatable bonds is 8. The number of nitrogens with one attached hydrogen (secondary N) is 1. The molecule has 17 heavy (non-hydrogen) atoms. The van der Waals surface area contributed by atoms with Crippen molar-refractivity contribution in [2.75, 3.05) is 19.8 Å². The molecule has 1 atom stereocenters. The summed E-state index contributed by atoms with van der Waals surface area (Å²) < 4.78 is 5.40. The first kappa shape index (κ1) is 16.4. The zero-order chi connectivity index (χ0) is 13.3. The van der Waals surface area contributed by atoms with Crippen LogP contribution in [0, 0.1) is 5.41 Å². The van der Waals surface area contributed by atoms with Gasteiger partial charge in [-0.3, -0.25) is 4.79 Å². The van der Waals surface area contributed by atoms with E-state index in [9.17, 15) is 4.79 Å². The van der Waals surface area contributed by atoms with Gasteiger partial charge in [0, 0.05) is 19.8 Å². The first-order valence-electron chi connectivity index (χ1n) is 6.50. The largest absolute Gasteiger partial charge is 0.381 e. The minimum absolute atomic E-state index is 0.0777. The molecule has 0 aromatic rings. The fourth-order valence-electron chi connectivity index (χ4n) is 1.24. The van der Waals surface area contributed by atoms with Crippen molar-refractivity contribution in [3.63, 3.8) is 0 Å². The van der Waals surface area contributed by atoms with Gasteiger partial charge in [0.1, 0.15) is 0 Å². The molecule has 0 aliphatic carbocycles. The summed E-state index contributed by atoms with van der Waals surface area (Å²) in [6.07, 6.45) is 3.09. The van der Waals surface area contributed by atoms with E-state index in [0.29, 0.717) is 13.2 Å². The van der Waals surface area contributed by atoms with Gasteiger partial charge in [0.05, 0.1) is 6.04 Å². The fourth-order valence-corrected chi connectivity index (χ4v) is 1.24. The van der Waals surface area contributed by atoms with Crippen molar-refractivity contribution in [1.29, 1.82) is 0 Å². The van der Waals surface area contributed by atoms with E-state index in [4.69, 9.17) is 10.5 Å². The predicted molar refractivity (Wildman–Crippen MR) is 70.8 cm³/mol. The van der Waals surface area contributed by atoms with E-state index >= 15 is 0 Å². The molecule has 0 unspecified atom stereocenters. The smallest absolute Gasteiger partial charge is 0.237 e. The number of amides is 1. The second kappa shape index (κ2) is 8.48. The Labute approximate surface area is 105 Å². The summed E-state index contributed by atoms with van der Waals surface area (Å²) in [4.78, 5) is 11.6. The zero-order valence-corrected chi connectivity index (χ0v) is 11.7. The second-order valence-electron chi connectivity index (χ2n) is 5.45. The van der Waals surface area contributed by atoms with Crippen LogP contribution in [0.1, 0.15) is 47.0 Å². The molecule has 0 radical (unpaired) electrons. The minimum Gasteiger partial charge on any atom is -0.381 e. The molecule has 0 aromatic heterocycles. The molecule has 4 heteroatoms. The van der Waals surface area contributed by atoms with E-state index in [-0.39, 0.29) is 11.3 Å². The van der Waals surface area contributed by atoms with Gasteiger partial charge in [-0.15, -0.1) is 0 Å². The van der Waals surface area contributed by atoms with E-state index < -0.39 is 6.04 Å². The standard InChI is InChI=1S/C13H28N2O2/c1-5-6-9-17-10-7-8-15-12(16)11(14)13(2,3)4/h11H,5-10,14H2,1-4H3,(H,15,16)/t11-/m1/s1. The van der Waals surface area contributed by atoms with Gasteiger partial charge in [0.2, 0.25) is 5.91 Å². The van der Waals surface area contributed by atoms with E-state index in [1.807, 2.05) is 20.8 Å². The summed E-state index contributed by atoms with van der Waals surface area (Å²) in [5.74, 6) is -0.0777. The van der Waals surface area contributed by atoms with E-state index in [1.54, 1.807) is 0 Å². The molecular formula is C13H28N2O2. The number of carbonyl (C=O) groups excluding carboxylic acids is 1. The Morgan fingerprint density at radius 1 is 1.29 bits per heavy atom. The monoisotopic (exact) mass is 244 g/mol. The van der Waals surface area contributed by atoms with Crippen molar-refractivity contribution in [1.82, 2.24) is 5.32 Å². The number of carbonyl (C=O) groups is 1. The molecule has 0 spiro atoms. The van der Waals surface area contributed by atoms with Crippen LogP contribution in [0.3, 0.4) is 0 Å². The maximum absolute atomic E-state index is 11.6. The number of hydrogen-bond acceptors (Lipinski definition) is 3. The van der Waals surface area contributed by atoms with Crippen LogP contribution in [0.15, 0.2) is 0 Å². The molecular weight excluding hydrogens is 216 g/mol. The lowest BCUT2D eigenvalue weighted by Crippen LogP contribution is -2.48. The van der Waals surface area contributed by atoms with Gasteiger partial charge in [-0.25, -0.2) is 0 Å². The average Bonchev–Trinajstić information content (AvgIpc) is 2.25. The Hall–Kier alpha value is -0.610. The van der Waals surface area contributed by atoms with Gasteiger partial charge in [-0.2, -0.15) is 0 Å². The molecule has 0 aliphatic heterocycles. The van der Waals surface area contributed by atoms with Crippen molar-refractivity contribution in [3.8, 4) is 0 Å². The first-order chi connectivity index (χ1) is 7.89. The molecule has 0 fully saturated rings. The van der Waals surface area contributed by atoms with Gasteiger partial charge in [-0.05, 0) is 18.3 Å². The van der Waals surface area contributed by atoms with Gasteiger partial charge < -0.3 is 15.8 Å². The number of nitrogens with two attached hydrogens (primary N) is 1. The third kappa shape index (κ3) is 8.16. The van der Waals surface area contributed by atoms with E-state index in [0.717, 1.165) is 25.9 Å². The summed E-state index contributed by atoms with van der Waals surface area (Å²) in [5, 5.41) is 2.84. The van der Waals surface area contributed by atoms with Crippen LogP contribution < -0.4 is 11.1 Å². The van der Waals surface area contributed by atoms with Gasteiger partial charge in [-0.1, -0.05) is 34.1 Å². The van der Waals surface area contributed by atoms with E-state index in [1.165, 1.54) is 0 Å². The molecule has 0 bridgehead atoms. The van der Waals surface area contributed by atoms with Crippen molar-refractivity contribution in [2.45, 2.75) is 53.0 Å². The normalized spacial score (nSPS) is 13.5. The highest BCUT2D eigenvalue weighted by Gasteiger charge is 2.26. The fraction of sp³-hybridized carbons (Fsp3) is 0.923. The topological polar surface area (TPSA) is 64.3 Å². The highest BCUT2D eigenvalue weighted by molar-refractivity contribution is 5.82. The lowest BCUT2D eigenvalue weighted by atomic mass is 9.87. The highest BCUT2D eigenvalue weighted by Crippen LogP contribution is 2.16. The maximum Gasteiger partial charge on any atom is 0.237 e. The van der Waals surface area contributed by atoms with Crippen LogP contribution in [-0.2, 0) is 9.53 Å². The van der Waals surface area contributed by atoms with Crippen LogP contribution in [0.2, 0.25) is 0 Å². The van der Waals surface area contributed by atoms with Crippen molar-refractivity contribution in [2.24, 2.45) is 11.1 Å². The molecule has 3 N–H and O–H groups in total. The summed E-state index contributed by atoms with van der Waals surface area (Å²) >= 11 is 0. The summed E-state index contributed by atoms with van der Waals surface area (Å²) in [5.41, 5.74) is 5.64. The number of ether oxygens (including phenoxy) is 1. The average molecular weight is 244 g/mol. The first-order valence-corrected chi connectivity index (χ1v) is 6.50. The molecule has 1 amide bonds. The molecule has 4 nitrogen and oxygen atoms in total. The van der Waals surface area contributed by atoms with Crippen LogP contribution in [-0.4, -0.2) is 31.7 Å². The molecule has 0 aromatic carbocycles. The number of hydrogen-bond donors (Lipinski definition) is 2. The van der Waals surface area contributed by atoms with E-state index in [2.05, 4.69) is 12.2 Å². The molecule has 0 heterocycles. The van der Waals surface area contributed by atoms with Gasteiger partial charge in [0.25, 0.3) is 0 Å². The molecule has 0 aliphatic rings. The Balaban J connectivity index is 3.52. The van der Waals surface area contributed by atoms with Crippen LogP contribution in [0.5, 0.6) is 0 Å². The summed E-state index contributed by atoms with van der Waals surface area (Å²) in [6, 6.07) is -0.455. The highest BCUT2D eigenvalue weighted by atomic mass is 16.5. The molecule has 102 valence electrons. The third-order valence-corrected chi connectivity index (χ3v) is 2.62. The second-order valence-corrected chi connectivity index (χ2v) is 5.45. The maximum atomic E-state index is 11.6. The third-order valence-electron chi connectivity index (χ3n) is 2.62. The lowest BCUT2D eigenvalue weighted by molar-refractivity contribution is -0.124. The SMILES string of the molecule is CCCCOCCCNC(=O)[C@@H](N)C(C)(C)C. The Morgan fingerprint density at radius 2 is 1.88 bits per heavy atom. The van der Waals surface area contributed by atoms with Crippen LogP contribution >= 0.6 is 0 Å². The Kier molecular flexibility index (Phi) is 8.17. The quantitative estimate of drug-likeness (QED) is 0.639. The van der Waals surface area contributed by atoms with Gasteiger partial charge >= 0.3 is 0 Å². The lowest BCUT2D eigenvalue weighted by Gasteiger charge is -2.25. The summed E-state index contributed by atoms with van der Waals surface area (Å²) in [6.45, 7) is 10.2. The molecule has 0 saturated carbocycles. The zero-order valence-electron chi connectivity index (χ0n) is 11.7. The molecule has 0 saturated heterocycles. The van der Waals surface area contributed by atoms with Crippen LogP contribution in [0.4, 0.5) is 0 Å².